The van der Waals surface area contributed by atoms with Gasteiger partial charge in [0.25, 0.3) is 0 Å². The van der Waals surface area contributed by atoms with Gasteiger partial charge in [0.1, 0.15) is 6.04 Å². The summed E-state index contributed by atoms with van der Waals surface area (Å²) >= 11 is 0. The maximum atomic E-state index is 11.6. The van der Waals surface area contributed by atoms with E-state index in [0.29, 0.717) is 13.1 Å². The van der Waals surface area contributed by atoms with E-state index in [1.165, 1.54) is 0 Å². The van der Waals surface area contributed by atoms with Crippen LogP contribution < -0.4 is 11.1 Å². The summed E-state index contributed by atoms with van der Waals surface area (Å²) in [6.45, 7) is 3.00. The van der Waals surface area contributed by atoms with Crippen LogP contribution in [0.1, 0.15) is 12.8 Å². The second-order valence-corrected chi connectivity index (χ2v) is 3.61. The molecule has 1 amide bonds. The number of nitrogens with one attached hydrogen (secondary N) is 1. The lowest BCUT2D eigenvalue weighted by Crippen LogP contribution is -2.46. The van der Waals surface area contributed by atoms with Crippen LogP contribution in [-0.4, -0.2) is 54.1 Å². The Morgan fingerprint density at radius 1 is 1.40 bits per heavy atom. The lowest BCUT2D eigenvalue weighted by atomic mass is 10.1. The van der Waals surface area contributed by atoms with Crippen LogP contribution in [0.5, 0.6) is 0 Å². The molecule has 15 heavy (non-hydrogen) atoms. The second kappa shape index (κ2) is 5.67. The first-order chi connectivity index (χ1) is 7.11. The standard InChI is InChI=1S/C9H17N3O3/c10-7(9(14)15)1-2-8(13)12-5-3-11-4-6-12/h7,11H,1-6,10H2,(H,14,15)/t7-/m0/s1. The van der Waals surface area contributed by atoms with E-state index in [4.69, 9.17) is 10.8 Å². The molecule has 6 heteroatoms. The second-order valence-electron chi connectivity index (χ2n) is 3.61. The van der Waals surface area contributed by atoms with E-state index in [1.807, 2.05) is 0 Å². The van der Waals surface area contributed by atoms with Gasteiger partial charge in [0.05, 0.1) is 0 Å². The highest BCUT2D eigenvalue weighted by molar-refractivity contribution is 5.78. The predicted octanol–water partition coefficient (Wildman–Crippen LogP) is -1.39. The lowest BCUT2D eigenvalue weighted by molar-refractivity contribution is -0.139. The van der Waals surface area contributed by atoms with Crippen LogP contribution in [0.2, 0.25) is 0 Å². The third kappa shape index (κ3) is 3.85. The Morgan fingerprint density at radius 2 is 2.00 bits per heavy atom. The minimum atomic E-state index is -1.05. The van der Waals surface area contributed by atoms with E-state index in [1.54, 1.807) is 4.90 Å². The van der Waals surface area contributed by atoms with Gasteiger partial charge in [-0.15, -0.1) is 0 Å². The lowest BCUT2D eigenvalue weighted by Gasteiger charge is -2.27. The molecule has 0 bridgehead atoms. The van der Waals surface area contributed by atoms with Crippen molar-refractivity contribution in [2.24, 2.45) is 5.73 Å². The molecule has 0 spiro atoms. The summed E-state index contributed by atoms with van der Waals surface area (Å²) in [7, 11) is 0. The van der Waals surface area contributed by atoms with Crippen LogP contribution in [0.3, 0.4) is 0 Å². The zero-order valence-corrected chi connectivity index (χ0v) is 8.61. The molecule has 1 rings (SSSR count). The van der Waals surface area contributed by atoms with Crippen LogP contribution in [0.4, 0.5) is 0 Å². The summed E-state index contributed by atoms with van der Waals surface area (Å²) in [5, 5.41) is 11.7. The molecule has 1 aliphatic rings. The van der Waals surface area contributed by atoms with Gasteiger partial charge in [-0.25, -0.2) is 0 Å². The van der Waals surface area contributed by atoms with E-state index in [2.05, 4.69) is 5.32 Å². The fourth-order valence-corrected chi connectivity index (χ4v) is 1.47. The third-order valence-corrected chi connectivity index (χ3v) is 2.46. The molecule has 0 saturated carbocycles. The predicted molar refractivity (Wildman–Crippen MR) is 54.3 cm³/mol. The monoisotopic (exact) mass is 215 g/mol. The first kappa shape index (κ1) is 11.9. The van der Waals surface area contributed by atoms with Crippen LogP contribution in [0.25, 0.3) is 0 Å². The number of nitrogens with zero attached hydrogens (tertiary/aromatic N) is 1. The number of hydrogen-bond acceptors (Lipinski definition) is 4. The van der Waals surface area contributed by atoms with Gasteiger partial charge < -0.3 is 21.1 Å². The van der Waals surface area contributed by atoms with Gasteiger partial charge in [0, 0.05) is 32.6 Å². The summed E-state index contributed by atoms with van der Waals surface area (Å²) < 4.78 is 0. The Bertz CT molecular complexity index is 239. The summed E-state index contributed by atoms with van der Waals surface area (Å²) in [6.07, 6.45) is 0.422. The molecule has 0 aromatic rings. The van der Waals surface area contributed by atoms with Crippen molar-refractivity contribution >= 4 is 11.9 Å². The Kier molecular flexibility index (Phi) is 4.51. The van der Waals surface area contributed by atoms with Gasteiger partial charge in [-0.3, -0.25) is 9.59 Å². The fourth-order valence-electron chi connectivity index (χ4n) is 1.47. The molecule has 1 heterocycles. The highest BCUT2D eigenvalue weighted by atomic mass is 16.4. The number of nitrogens with two attached hydrogens (primary N) is 1. The molecule has 86 valence electrons. The molecule has 1 aliphatic heterocycles. The fraction of sp³-hybridized carbons (Fsp3) is 0.778. The molecule has 1 fully saturated rings. The minimum Gasteiger partial charge on any atom is -0.480 e. The van der Waals surface area contributed by atoms with Gasteiger partial charge in [0.15, 0.2) is 0 Å². The van der Waals surface area contributed by atoms with Crippen molar-refractivity contribution in [3.8, 4) is 0 Å². The summed E-state index contributed by atoms with van der Waals surface area (Å²) in [6, 6.07) is -0.933. The number of carboxylic acids is 1. The largest absolute Gasteiger partial charge is 0.480 e. The van der Waals surface area contributed by atoms with Gasteiger partial charge >= 0.3 is 5.97 Å². The van der Waals surface area contributed by atoms with Crippen molar-refractivity contribution in [1.29, 1.82) is 0 Å². The van der Waals surface area contributed by atoms with E-state index in [0.717, 1.165) is 13.1 Å². The molecule has 0 aliphatic carbocycles. The van der Waals surface area contributed by atoms with Crippen LogP contribution in [0, 0.1) is 0 Å². The topological polar surface area (TPSA) is 95.7 Å². The number of carboxylic acid groups (broad SMARTS) is 1. The number of hydrogen-bond donors (Lipinski definition) is 3. The smallest absolute Gasteiger partial charge is 0.320 e. The number of carbonyl (C=O) groups is 2. The minimum absolute atomic E-state index is 0.00630. The van der Waals surface area contributed by atoms with Gasteiger partial charge in [-0.05, 0) is 6.42 Å². The quantitative estimate of drug-likeness (QED) is 0.536. The van der Waals surface area contributed by atoms with Crippen LogP contribution in [0.15, 0.2) is 0 Å². The van der Waals surface area contributed by atoms with Gasteiger partial charge in [-0.2, -0.15) is 0 Å². The molecule has 0 radical (unpaired) electrons. The molecular weight excluding hydrogens is 198 g/mol. The Morgan fingerprint density at radius 3 is 2.53 bits per heavy atom. The first-order valence-corrected chi connectivity index (χ1v) is 5.08. The normalized spacial score (nSPS) is 18.6. The molecule has 6 nitrogen and oxygen atoms in total. The molecule has 0 unspecified atom stereocenters. The number of rotatable bonds is 4. The van der Waals surface area contributed by atoms with E-state index in [9.17, 15) is 9.59 Å². The number of amides is 1. The summed E-state index contributed by atoms with van der Waals surface area (Å²) in [5.74, 6) is -1.06. The van der Waals surface area contributed by atoms with E-state index in [-0.39, 0.29) is 18.7 Å². The number of carbonyl (C=O) groups excluding carboxylic acids is 1. The highest BCUT2D eigenvalue weighted by Crippen LogP contribution is 2.02. The molecular formula is C9H17N3O3. The van der Waals surface area contributed by atoms with Crippen molar-refractivity contribution in [1.82, 2.24) is 10.2 Å². The summed E-state index contributed by atoms with van der Waals surface area (Å²) in [5.41, 5.74) is 5.31. The number of piperazine rings is 1. The van der Waals surface area contributed by atoms with Crippen molar-refractivity contribution in [3.05, 3.63) is 0 Å². The molecule has 0 aromatic heterocycles. The molecule has 4 N–H and O–H groups in total. The maximum Gasteiger partial charge on any atom is 0.320 e. The Labute approximate surface area is 88.4 Å². The van der Waals surface area contributed by atoms with E-state index >= 15 is 0 Å². The Hall–Kier alpha value is -1.14. The molecule has 0 aromatic carbocycles. The van der Waals surface area contributed by atoms with Crippen molar-refractivity contribution < 1.29 is 14.7 Å². The zero-order chi connectivity index (χ0) is 11.3. The van der Waals surface area contributed by atoms with Crippen LogP contribution in [-0.2, 0) is 9.59 Å². The van der Waals surface area contributed by atoms with Crippen molar-refractivity contribution in [2.45, 2.75) is 18.9 Å². The van der Waals surface area contributed by atoms with Gasteiger partial charge in [0.2, 0.25) is 5.91 Å². The van der Waals surface area contributed by atoms with Crippen LogP contribution >= 0.6 is 0 Å². The highest BCUT2D eigenvalue weighted by Gasteiger charge is 2.18. The average Bonchev–Trinajstić information content (AvgIpc) is 2.26. The molecule has 1 saturated heterocycles. The third-order valence-electron chi connectivity index (χ3n) is 2.46. The van der Waals surface area contributed by atoms with E-state index < -0.39 is 12.0 Å². The molecule has 1 atom stereocenters. The average molecular weight is 215 g/mol. The summed E-state index contributed by atoms with van der Waals surface area (Å²) in [4.78, 5) is 23.7. The first-order valence-electron chi connectivity index (χ1n) is 5.08. The SMILES string of the molecule is N[C@@H](CCC(=O)N1CCNCC1)C(=O)O. The Balaban J connectivity index is 2.25. The number of aliphatic carboxylic acids is 1. The zero-order valence-electron chi connectivity index (χ0n) is 8.61. The van der Waals surface area contributed by atoms with Crippen molar-refractivity contribution in [3.63, 3.8) is 0 Å². The van der Waals surface area contributed by atoms with Gasteiger partial charge in [-0.1, -0.05) is 0 Å². The van der Waals surface area contributed by atoms with Crippen molar-refractivity contribution in [2.75, 3.05) is 26.2 Å². The maximum absolute atomic E-state index is 11.6.